The van der Waals surface area contributed by atoms with Crippen molar-refractivity contribution in [3.05, 3.63) is 46.3 Å². The van der Waals surface area contributed by atoms with Gasteiger partial charge in [-0.25, -0.2) is 4.39 Å². The number of benzene rings is 1. The summed E-state index contributed by atoms with van der Waals surface area (Å²) >= 11 is 3.20. The van der Waals surface area contributed by atoms with Crippen molar-refractivity contribution in [2.75, 3.05) is 0 Å². The van der Waals surface area contributed by atoms with Crippen molar-refractivity contribution >= 4 is 22.1 Å². The molecule has 1 nitrogen and oxygen atoms in total. The van der Waals surface area contributed by atoms with Gasteiger partial charge in [-0.05, 0) is 48.8 Å². The van der Waals surface area contributed by atoms with Gasteiger partial charge in [-0.15, -0.1) is 0 Å². The smallest absolute Gasteiger partial charge is 0.123 e. The number of hydrogen-bond acceptors (Lipinski definition) is 1. The van der Waals surface area contributed by atoms with Crippen LogP contribution in [0.1, 0.15) is 19.4 Å². The second-order valence-corrected chi connectivity index (χ2v) is 3.61. The first-order valence-electron chi connectivity index (χ1n) is 4.62. The predicted molar refractivity (Wildman–Crippen MR) is 68.0 cm³/mol. The van der Waals surface area contributed by atoms with Crippen LogP contribution in [0.25, 0.3) is 0 Å². The minimum absolute atomic E-state index is 0.171. The summed E-state index contributed by atoms with van der Waals surface area (Å²) in [5.41, 5.74) is 1.09. The van der Waals surface area contributed by atoms with Crippen molar-refractivity contribution in [2.45, 2.75) is 20.8 Å². The third-order valence-corrected chi connectivity index (χ3v) is 2.16. The van der Waals surface area contributed by atoms with E-state index in [0.717, 1.165) is 10.2 Å². The number of aliphatic imine (C=N–C) groups is 1. The van der Waals surface area contributed by atoms with E-state index in [1.54, 1.807) is 18.3 Å². The van der Waals surface area contributed by atoms with Gasteiger partial charge in [0.05, 0.1) is 0 Å². The summed E-state index contributed by atoms with van der Waals surface area (Å²) in [5.74, 6) is -0.171. The minimum Gasteiger partial charge on any atom is -0.254 e. The molecule has 0 atom stereocenters. The molecule has 0 unspecified atom stereocenters. The third kappa shape index (κ3) is 8.06. The maximum Gasteiger partial charge on any atom is 0.123 e. The van der Waals surface area contributed by atoms with Gasteiger partial charge in [0.2, 0.25) is 0 Å². The van der Waals surface area contributed by atoms with Crippen molar-refractivity contribution in [3.63, 3.8) is 0 Å². The molecular formula is C12H15BrFN. The van der Waals surface area contributed by atoms with Crippen LogP contribution in [-0.2, 0) is 0 Å². The molecule has 1 rings (SSSR count). The van der Waals surface area contributed by atoms with Crippen molar-refractivity contribution in [3.8, 4) is 0 Å². The van der Waals surface area contributed by atoms with Crippen LogP contribution in [-0.4, -0.2) is 6.21 Å². The molecule has 0 aliphatic carbocycles. The van der Waals surface area contributed by atoms with Crippen LogP contribution >= 0.6 is 15.9 Å². The standard InChI is InChI=1S/C7H7F.C5H8BrN/c1-6-2-4-7(8)5-3-6;1-3-5(6)7-4-2/h2-5H,1H3;3-4H,1-2H3/b;5-3-,7-4-. The number of halogens is 2. The van der Waals surface area contributed by atoms with E-state index in [4.69, 9.17) is 0 Å². The summed E-state index contributed by atoms with van der Waals surface area (Å²) in [6, 6.07) is 6.40. The molecule has 0 heterocycles. The van der Waals surface area contributed by atoms with Gasteiger partial charge in [-0.1, -0.05) is 23.8 Å². The molecule has 82 valence electrons. The number of nitrogens with zero attached hydrogens (tertiary/aromatic N) is 1. The summed E-state index contributed by atoms with van der Waals surface area (Å²) in [7, 11) is 0. The predicted octanol–water partition coefficient (Wildman–Crippen LogP) is 4.47. The van der Waals surface area contributed by atoms with Gasteiger partial charge >= 0.3 is 0 Å². The third-order valence-electron chi connectivity index (χ3n) is 1.50. The fraction of sp³-hybridized carbons (Fsp3) is 0.250. The lowest BCUT2D eigenvalue weighted by Gasteiger charge is -1.87. The topological polar surface area (TPSA) is 12.4 Å². The minimum atomic E-state index is -0.171. The Hall–Kier alpha value is -0.960. The number of hydrogen-bond donors (Lipinski definition) is 0. The molecule has 0 aliphatic heterocycles. The van der Waals surface area contributed by atoms with Crippen LogP contribution in [0.3, 0.4) is 0 Å². The van der Waals surface area contributed by atoms with E-state index in [9.17, 15) is 4.39 Å². The first-order valence-corrected chi connectivity index (χ1v) is 5.42. The lowest BCUT2D eigenvalue weighted by atomic mass is 10.2. The lowest BCUT2D eigenvalue weighted by molar-refractivity contribution is 0.627. The van der Waals surface area contributed by atoms with Crippen LogP contribution in [0.4, 0.5) is 4.39 Å². The first-order chi connectivity index (χ1) is 7.10. The summed E-state index contributed by atoms with van der Waals surface area (Å²) in [6.45, 7) is 5.74. The van der Waals surface area contributed by atoms with E-state index in [-0.39, 0.29) is 5.82 Å². The Kier molecular flexibility index (Phi) is 7.82. The molecule has 15 heavy (non-hydrogen) atoms. The van der Waals surface area contributed by atoms with Gasteiger partial charge in [0.15, 0.2) is 0 Å². The fourth-order valence-electron chi connectivity index (χ4n) is 0.731. The van der Waals surface area contributed by atoms with Crippen LogP contribution in [0.2, 0.25) is 0 Å². The highest BCUT2D eigenvalue weighted by Gasteiger charge is 1.83. The Morgan fingerprint density at radius 3 is 2.07 bits per heavy atom. The van der Waals surface area contributed by atoms with E-state index < -0.39 is 0 Å². The highest BCUT2D eigenvalue weighted by molar-refractivity contribution is 9.11. The van der Waals surface area contributed by atoms with E-state index in [1.807, 2.05) is 26.8 Å². The van der Waals surface area contributed by atoms with Crippen LogP contribution < -0.4 is 0 Å². The maximum absolute atomic E-state index is 12.1. The number of aryl methyl sites for hydroxylation is 1. The molecular weight excluding hydrogens is 257 g/mol. The highest BCUT2D eigenvalue weighted by atomic mass is 79.9. The molecule has 0 saturated heterocycles. The molecule has 0 radical (unpaired) electrons. The monoisotopic (exact) mass is 271 g/mol. The average molecular weight is 272 g/mol. The van der Waals surface area contributed by atoms with Crippen LogP contribution in [0.15, 0.2) is 39.9 Å². The number of rotatable bonds is 1. The van der Waals surface area contributed by atoms with E-state index in [1.165, 1.54) is 12.1 Å². The molecule has 0 saturated carbocycles. The molecule has 0 amide bonds. The zero-order valence-corrected chi connectivity index (χ0v) is 10.8. The quantitative estimate of drug-likeness (QED) is 0.528. The maximum atomic E-state index is 12.1. The Morgan fingerprint density at radius 2 is 1.80 bits per heavy atom. The second-order valence-electron chi connectivity index (χ2n) is 2.79. The zero-order chi connectivity index (χ0) is 11.7. The van der Waals surface area contributed by atoms with Crippen molar-refractivity contribution in [1.82, 2.24) is 0 Å². The fourth-order valence-corrected chi connectivity index (χ4v) is 0.936. The Bertz CT molecular complexity index is 307. The summed E-state index contributed by atoms with van der Waals surface area (Å²) in [6.07, 6.45) is 3.63. The van der Waals surface area contributed by atoms with Gasteiger partial charge in [-0.2, -0.15) is 0 Å². The lowest BCUT2D eigenvalue weighted by Crippen LogP contribution is -1.71. The Morgan fingerprint density at radius 1 is 1.27 bits per heavy atom. The van der Waals surface area contributed by atoms with Gasteiger partial charge in [0, 0.05) is 6.21 Å². The first kappa shape index (κ1) is 14.0. The number of allylic oxidation sites excluding steroid dienone is 1. The Balaban J connectivity index is 0.000000265. The summed E-state index contributed by atoms with van der Waals surface area (Å²) in [4.78, 5) is 3.90. The van der Waals surface area contributed by atoms with Crippen molar-refractivity contribution < 1.29 is 4.39 Å². The van der Waals surface area contributed by atoms with Gasteiger partial charge < -0.3 is 0 Å². The molecule has 1 aromatic rings. The molecule has 0 bridgehead atoms. The molecule has 0 spiro atoms. The summed E-state index contributed by atoms with van der Waals surface area (Å²) in [5, 5.41) is 0. The van der Waals surface area contributed by atoms with Gasteiger partial charge in [0.25, 0.3) is 0 Å². The molecule has 1 aromatic carbocycles. The van der Waals surface area contributed by atoms with Gasteiger partial charge in [-0.3, -0.25) is 4.99 Å². The van der Waals surface area contributed by atoms with E-state index in [0.29, 0.717) is 0 Å². The highest BCUT2D eigenvalue weighted by Crippen LogP contribution is 2.03. The normalized spacial score (nSPS) is 11.1. The zero-order valence-electron chi connectivity index (χ0n) is 9.17. The molecule has 0 fully saturated rings. The Labute approximate surface area is 98.9 Å². The SMILES string of the molecule is C/C=N\C(Br)=C/C.Cc1ccc(F)cc1. The largest absolute Gasteiger partial charge is 0.254 e. The van der Waals surface area contributed by atoms with Crippen LogP contribution in [0.5, 0.6) is 0 Å². The van der Waals surface area contributed by atoms with Crippen molar-refractivity contribution in [1.29, 1.82) is 0 Å². The molecule has 0 aliphatic rings. The average Bonchev–Trinajstić information content (AvgIpc) is 2.24. The summed E-state index contributed by atoms with van der Waals surface area (Å²) < 4.78 is 13.0. The van der Waals surface area contributed by atoms with Crippen molar-refractivity contribution in [2.24, 2.45) is 4.99 Å². The molecule has 0 N–H and O–H groups in total. The van der Waals surface area contributed by atoms with E-state index >= 15 is 0 Å². The second kappa shape index (κ2) is 8.36. The molecule has 0 aromatic heterocycles. The van der Waals surface area contributed by atoms with E-state index in [2.05, 4.69) is 20.9 Å². The van der Waals surface area contributed by atoms with Crippen LogP contribution in [0, 0.1) is 12.7 Å². The molecule has 3 heteroatoms. The van der Waals surface area contributed by atoms with Gasteiger partial charge in [0.1, 0.15) is 10.4 Å².